The fraction of sp³-hybridized carbons (Fsp3) is 0. The van der Waals surface area contributed by atoms with Gasteiger partial charge in [0.15, 0.2) is 17.5 Å². The lowest BCUT2D eigenvalue weighted by atomic mass is 9.88. The fourth-order valence-corrected chi connectivity index (χ4v) is 9.91. The first kappa shape index (κ1) is 36.9. The Bertz CT molecular complexity index is 3980. The zero-order valence-electron chi connectivity index (χ0n) is 35.2. The number of hydrogen-bond acceptors (Lipinski definition) is 3. The molecule has 0 fully saturated rings. The van der Waals surface area contributed by atoms with Gasteiger partial charge < -0.3 is 4.57 Å². The van der Waals surface area contributed by atoms with Crippen molar-refractivity contribution < 1.29 is 0 Å². The van der Waals surface area contributed by atoms with E-state index in [1.54, 1.807) is 0 Å². The lowest BCUT2D eigenvalue weighted by Crippen LogP contribution is -2.00. The molecule has 0 aliphatic heterocycles. The van der Waals surface area contributed by atoms with Crippen molar-refractivity contribution in [2.24, 2.45) is 0 Å². The number of benzene rings is 11. The van der Waals surface area contributed by atoms with Crippen molar-refractivity contribution in [2.45, 2.75) is 0 Å². The molecule has 0 radical (unpaired) electrons. The van der Waals surface area contributed by atoms with Gasteiger partial charge in [0, 0.05) is 33.2 Å². The molecule has 0 atom stereocenters. The van der Waals surface area contributed by atoms with E-state index in [4.69, 9.17) is 15.0 Å². The van der Waals surface area contributed by atoms with Crippen LogP contribution in [0.4, 0.5) is 0 Å². The molecule has 2 aromatic heterocycles. The summed E-state index contributed by atoms with van der Waals surface area (Å²) >= 11 is 0. The average Bonchev–Trinajstić information content (AvgIpc) is 3.72. The Morgan fingerprint density at radius 2 is 0.769 bits per heavy atom. The highest BCUT2D eigenvalue weighted by atomic mass is 15.0. The highest BCUT2D eigenvalue weighted by Crippen LogP contribution is 2.43. The highest BCUT2D eigenvalue weighted by Gasteiger charge is 2.19. The van der Waals surface area contributed by atoms with Crippen LogP contribution in [0.2, 0.25) is 0 Å². The van der Waals surface area contributed by atoms with Gasteiger partial charge in [-0.1, -0.05) is 194 Å². The summed E-state index contributed by atoms with van der Waals surface area (Å²) in [6, 6.07) is 82.5. The van der Waals surface area contributed by atoms with Crippen molar-refractivity contribution in [1.82, 2.24) is 19.5 Å². The summed E-state index contributed by atoms with van der Waals surface area (Å²) in [4.78, 5) is 15.4. The second-order valence-electron chi connectivity index (χ2n) is 16.8. The van der Waals surface area contributed by atoms with Gasteiger partial charge in [-0.25, -0.2) is 15.0 Å². The number of rotatable bonds is 6. The molecule has 4 nitrogen and oxygen atoms in total. The van der Waals surface area contributed by atoms with E-state index in [1.807, 2.05) is 24.3 Å². The van der Waals surface area contributed by atoms with Crippen LogP contribution in [0.5, 0.6) is 0 Å². The van der Waals surface area contributed by atoms with Crippen LogP contribution in [0.3, 0.4) is 0 Å². The normalized spacial score (nSPS) is 11.7. The van der Waals surface area contributed by atoms with E-state index in [1.165, 1.54) is 76.2 Å². The van der Waals surface area contributed by atoms with Gasteiger partial charge in [0.2, 0.25) is 0 Å². The first-order valence-electron chi connectivity index (χ1n) is 22.1. The molecule has 11 aromatic carbocycles. The topological polar surface area (TPSA) is 43.6 Å². The SMILES string of the molecule is c1ccc(-c2ccc(-c3nc(-c4ccccc4)nc(-c4ccc5c(c4)c4ccccc4c4cccc(-c6ccc7c(c6)c6ccccc6n7-c6ccc7ccccc7c6)c45)n3)cc2)cc1. The second kappa shape index (κ2) is 15.0. The van der Waals surface area contributed by atoms with Gasteiger partial charge in [-0.3, -0.25) is 0 Å². The van der Waals surface area contributed by atoms with E-state index in [-0.39, 0.29) is 0 Å². The average molecular weight is 827 g/mol. The third kappa shape index (κ3) is 6.18. The molecule has 0 aliphatic carbocycles. The number of fused-ring (bicyclic) bond motifs is 10. The Labute approximate surface area is 375 Å². The van der Waals surface area contributed by atoms with E-state index in [9.17, 15) is 0 Å². The predicted molar refractivity (Wildman–Crippen MR) is 271 cm³/mol. The molecule has 0 unspecified atom stereocenters. The zero-order valence-corrected chi connectivity index (χ0v) is 35.2. The van der Waals surface area contributed by atoms with E-state index in [0.29, 0.717) is 17.5 Å². The van der Waals surface area contributed by atoms with Crippen molar-refractivity contribution >= 4 is 64.9 Å². The lowest BCUT2D eigenvalue weighted by molar-refractivity contribution is 1.07. The van der Waals surface area contributed by atoms with Crippen molar-refractivity contribution in [3.8, 4) is 62.1 Å². The Hall–Kier alpha value is -8.73. The molecular weight excluding hydrogens is 789 g/mol. The summed E-state index contributed by atoms with van der Waals surface area (Å²) in [5.41, 5.74) is 11.0. The molecular formula is C61H38N4. The fourth-order valence-electron chi connectivity index (χ4n) is 9.91. The van der Waals surface area contributed by atoms with Crippen molar-refractivity contribution in [1.29, 1.82) is 0 Å². The second-order valence-corrected chi connectivity index (χ2v) is 16.8. The van der Waals surface area contributed by atoms with Gasteiger partial charge >= 0.3 is 0 Å². The maximum absolute atomic E-state index is 5.18. The first-order chi connectivity index (χ1) is 32.2. The Kier molecular flexibility index (Phi) is 8.50. The maximum Gasteiger partial charge on any atom is 0.164 e. The minimum Gasteiger partial charge on any atom is -0.309 e. The first-order valence-corrected chi connectivity index (χ1v) is 22.1. The molecule has 65 heavy (non-hydrogen) atoms. The summed E-state index contributed by atoms with van der Waals surface area (Å²) in [6.45, 7) is 0. The van der Waals surface area contributed by atoms with Crippen molar-refractivity contribution in [2.75, 3.05) is 0 Å². The number of nitrogens with zero attached hydrogens (tertiary/aromatic N) is 4. The molecule has 0 saturated carbocycles. The van der Waals surface area contributed by atoms with E-state index in [2.05, 4.69) is 211 Å². The minimum atomic E-state index is 0.633. The van der Waals surface area contributed by atoms with Crippen molar-refractivity contribution in [3.63, 3.8) is 0 Å². The standard InChI is InChI=1S/C61H38N4/c1-3-14-39(15-4-1)41-26-28-43(29-27-41)60-62-59(42-17-5-2-6-18-42)63-61(64-60)46-31-34-53-54(38-46)50-21-10-9-20-49(50)52-24-13-23-48(58(52)53)45-32-35-57-55(37-45)51-22-11-12-25-56(51)65(57)47-33-30-40-16-7-8-19-44(40)36-47/h1-38H. The molecule has 13 rings (SSSR count). The smallest absolute Gasteiger partial charge is 0.164 e. The van der Waals surface area contributed by atoms with Gasteiger partial charge in [-0.2, -0.15) is 0 Å². The van der Waals surface area contributed by atoms with Crippen LogP contribution in [0, 0.1) is 0 Å². The molecule has 0 bridgehead atoms. The third-order valence-corrected chi connectivity index (χ3v) is 13.0. The third-order valence-electron chi connectivity index (χ3n) is 13.0. The van der Waals surface area contributed by atoms with Crippen LogP contribution in [-0.2, 0) is 0 Å². The van der Waals surface area contributed by atoms with Crippen LogP contribution >= 0.6 is 0 Å². The van der Waals surface area contributed by atoms with Crippen molar-refractivity contribution in [3.05, 3.63) is 231 Å². The summed E-state index contributed by atoms with van der Waals surface area (Å²) in [6.07, 6.45) is 0. The Morgan fingerprint density at radius 3 is 1.54 bits per heavy atom. The Balaban J connectivity index is 0.990. The highest BCUT2D eigenvalue weighted by molar-refractivity contribution is 6.29. The minimum absolute atomic E-state index is 0.633. The van der Waals surface area contributed by atoms with E-state index >= 15 is 0 Å². The largest absolute Gasteiger partial charge is 0.309 e. The molecule has 0 aliphatic rings. The van der Waals surface area contributed by atoms with Gasteiger partial charge in [-0.05, 0) is 102 Å². The molecule has 13 aromatic rings. The molecule has 2 heterocycles. The van der Waals surface area contributed by atoms with Crippen LogP contribution in [0.25, 0.3) is 127 Å². The molecule has 302 valence electrons. The van der Waals surface area contributed by atoms with Crippen LogP contribution in [0.15, 0.2) is 231 Å². The molecule has 0 spiro atoms. The number of aromatic nitrogens is 4. The van der Waals surface area contributed by atoms with Gasteiger partial charge in [0.1, 0.15) is 0 Å². The van der Waals surface area contributed by atoms with Gasteiger partial charge in [0.25, 0.3) is 0 Å². The zero-order chi connectivity index (χ0) is 42.8. The quantitative estimate of drug-likeness (QED) is 0.157. The summed E-state index contributed by atoms with van der Waals surface area (Å²) in [7, 11) is 0. The van der Waals surface area contributed by atoms with Crippen LogP contribution in [-0.4, -0.2) is 19.5 Å². The predicted octanol–water partition coefficient (Wildman–Crippen LogP) is 15.9. The number of para-hydroxylation sites is 1. The molecule has 0 amide bonds. The van der Waals surface area contributed by atoms with E-state index in [0.717, 1.165) is 33.3 Å². The Morgan fingerprint density at radius 1 is 0.262 bits per heavy atom. The van der Waals surface area contributed by atoms with Gasteiger partial charge in [-0.15, -0.1) is 0 Å². The number of hydrogen-bond donors (Lipinski definition) is 0. The van der Waals surface area contributed by atoms with Gasteiger partial charge in [0.05, 0.1) is 11.0 Å². The monoisotopic (exact) mass is 826 g/mol. The van der Waals surface area contributed by atoms with Crippen LogP contribution < -0.4 is 0 Å². The molecule has 0 N–H and O–H groups in total. The summed E-state index contributed by atoms with van der Waals surface area (Å²) < 4.78 is 2.41. The summed E-state index contributed by atoms with van der Waals surface area (Å²) in [5, 5.41) is 12.1. The maximum atomic E-state index is 5.18. The van der Waals surface area contributed by atoms with E-state index < -0.39 is 0 Å². The molecule has 0 saturated heterocycles. The van der Waals surface area contributed by atoms with Crippen LogP contribution in [0.1, 0.15) is 0 Å². The summed E-state index contributed by atoms with van der Waals surface area (Å²) in [5.74, 6) is 1.91. The molecule has 4 heteroatoms. The lowest BCUT2D eigenvalue weighted by Gasteiger charge is -2.16.